The van der Waals surface area contributed by atoms with Gasteiger partial charge in [0.1, 0.15) is 11.6 Å². The van der Waals surface area contributed by atoms with Gasteiger partial charge in [-0.05, 0) is 36.2 Å². The van der Waals surface area contributed by atoms with E-state index < -0.39 is 0 Å². The molecule has 2 heterocycles. The molecule has 1 aliphatic rings. The molecule has 0 spiro atoms. The Balaban J connectivity index is 1.50. The molecule has 0 bridgehead atoms. The Morgan fingerprint density at radius 1 is 1.30 bits per heavy atom. The molecule has 2 aromatic rings. The Kier molecular flexibility index (Phi) is 4.76. The van der Waals surface area contributed by atoms with E-state index in [1.807, 2.05) is 42.5 Å². The van der Waals surface area contributed by atoms with Crippen LogP contribution in [0.1, 0.15) is 12.0 Å². The van der Waals surface area contributed by atoms with Gasteiger partial charge in [-0.2, -0.15) is 0 Å². The molecular formula is C18H21N3O2. The Bertz CT molecular complexity index is 643. The molecular weight excluding hydrogens is 290 g/mol. The summed E-state index contributed by atoms with van der Waals surface area (Å²) in [6.45, 7) is 1.73. The lowest BCUT2D eigenvalue weighted by molar-refractivity contribution is -0.121. The van der Waals surface area contributed by atoms with Crippen molar-refractivity contribution in [2.24, 2.45) is 0 Å². The lowest BCUT2D eigenvalue weighted by Gasteiger charge is -2.17. The van der Waals surface area contributed by atoms with E-state index in [9.17, 15) is 4.79 Å². The van der Waals surface area contributed by atoms with E-state index in [1.54, 1.807) is 13.3 Å². The third kappa shape index (κ3) is 4.00. The van der Waals surface area contributed by atoms with Crippen LogP contribution in [0.15, 0.2) is 48.7 Å². The van der Waals surface area contributed by atoms with Crippen molar-refractivity contribution in [2.75, 3.05) is 25.1 Å². The summed E-state index contributed by atoms with van der Waals surface area (Å²) in [5.74, 6) is 1.83. The van der Waals surface area contributed by atoms with Gasteiger partial charge in [-0.25, -0.2) is 4.98 Å². The van der Waals surface area contributed by atoms with E-state index >= 15 is 0 Å². The average Bonchev–Trinajstić information content (AvgIpc) is 3.04. The van der Waals surface area contributed by atoms with Crippen molar-refractivity contribution in [3.63, 3.8) is 0 Å². The van der Waals surface area contributed by atoms with Gasteiger partial charge in [0.05, 0.1) is 13.5 Å². The van der Waals surface area contributed by atoms with Gasteiger partial charge in [0.25, 0.3) is 0 Å². The molecule has 1 N–H and O–H groups in total. The zero-order chi connectivity index (χ0) is 16.1. The fourth-order valence-electron chi connectivity index (χ4n) is 2.83. The second kappa shape index (κ2) is 7.13. The van der Waals surface area contributed by atoms with Gasteiger partial charge in [0.2, 0.25) is 5.91 Å². The molecule has 120 valence electrons. The number of aromatic nitrogens is 1. The van der Waals surface area contributed by atoms with Crippen LogP contribution in [0.4, 0.5) is 5.82 Å². The predicted octanol–water partition coefficient (Wildman–Crippen LogP) is 2.03. The smallest absolute Gasteiger partial charge is 0.224 e. The third-order valence-corrected chi connectivity index (χ3v) is 4.05. The third-order valence-electron chi connectivity index (χ3n) is 4.05. The highest BCUT2D eigenvalue weighted by Gasteiger charge is 2.24. The highest BCUT2D eigenvalue weighted by Crippen LogP contribution is 2.17. The summed E-state index contributed by atoms with van der Waals surface area (Å²) in [5.41, 5.74) is 0.989. The summed E-state index contributed by atoms with van der Waals surface area (Å²) in [4.78, 5) is 18.8. The number of hydrogen-bond donors (Lipinski definition) is 1. The van der Waals surface area contributed by atoms with Crippen LogP contribution in [0.2, 0.25) is 0 Å². The lowest BCUT2D eigenvalue weighted by Crippen LogP contribution is -2.38. The zero-order valence-corrected chi connectivity index (χ0v) is 13.2. The van der Waals surface area contributed by atoms with E-state index in [2.05, 4.69) is 15.2 Å². The minimum atomic E-state index is 0.0584. The number of rotatable bonds is 5. The number of amides is 1. The number of nitrogens with zero attached hydrogens (tertiary/aromatic N) is 2. The van der Waals surface area contributed by atoms with Gasteiger partial charge >= 0.3 is 0 Å². The molecule has 1 fully saturated rings. The van der Waals surface area contributed by atoms with E-state index in [1.165, 1.54) is 0 Å². The van der Waals surface area contributed by atoms with Gasteiger partial charge in [-0.1, -0.05) is 18.2 Å². The number of carbonyl (C=O) groups excluding carboxylic acids is 1. The van der Waals surface area contributed by atoms with E-state index in [0.717, 1.165) is 36.6 Å². The van der Waals surface area contributed by atoms with Crippen molar-refractivity contribution in [3.05, 3.63) is 54.2 Å². The van der Waals surface area contributed by atoms with Crippen molar-refractivity contribution in [3.8, 4) is 5.75 Å². The molecule has 23 heavy (non-hydrogen) atoms. The van der Waals surface area contributed by atoms with Crippen LogP contribution >= 0.6 is 0 Å². The first-order valence-electron chi connectivity index (χ1n) is 7.83. The van der Waals surface area contributed by atoms with Gasteiger partial charge in [0, 0.05) is 25.3 Å². The average molecular weight is 311 g/mol. The molecule has 5 nitrogen and oxygen atoms in total. The normalized spacial score (nSPS) is 17.1. The van der Waals surface area contributed by atoms with Crippen molar-refractivity contribution in [2.45, 2.75) is 18.9 Å². The molecule has 0 radical (unpaired) electrons. The lowest BCUT2D eigenvalue weighted by atomic mass is 10.1. The summed E-state index contributed by atoms with van der Waals surface area (Å²) in [5, 5.41) is 3.12. The maximum atomic E-state index is 12.2. The molecule has 1 amide bonds. The molecule has 1 aromatic heterocycles. The van der Waals surface area contributed by atoms with Crippen molar-refractivity contribution in [1.29, 1.82) is 0 Å². The highest BCUT2D eigenvalue weighted by atomic mass is 16.5. The number of carbonyl (C=O) groups is 1. The van der Waals surface area contributed by atoms with Crippen LogP contribution in [-0.2, 0) is 11.2 Å². The molecule has 1 aliphatic heterocycles. The van der Waals surface area contributed by atoms with Crippen LogP contribution in [0, 0.1) is 0 Å². The Labute approximate surface area is 136 Å². The zero-order valence-electron chi connectivity index (χ0n) is 13.2. The first-order chi connectivity index (χ1) is 11.2. The topological polar surface area (TPSA) is 54.5 Å². The molecule has 5 heteroatoms. The van der Waals surface area contributed by atoms with Gasteiger partial charge in [-0.15, -0.1) is 0 Å². The van der Waals surface area contributed by atoms with Crippen molar-refractivity contribution < 1.29 is 9.53 Å². The fraction of sp³-hybridized carbons (Fsp3) is 0.333. The molecule has 0 saturated carbocycles. The van der Waals surface area contributed by atoms with Crippen LogP contribution in [-0.4, -0.2) is 37.1 Å². The Morgan fingerprint density at radius 3 is 2.83 bits per heavy atom. The highest BCUT2D eigenvalue weighted by molar-refractivity contribution is 5.79. The number of nitrogens with one attached hydrogen (secondary N) is 1. The summed E-state index contributed by atoms with van der Waals surface area (Å²) in [6, 6.07) is 13.7. The number of methoxy groups -OCH3 is 1. The SMILES string of the molecule is COc1ccc(CC(=O)NC2CCN(c3ccccn3)C2)cc1. The Morgan fingerprint density at radius 2 is 2.13 bits per heavy atom. The van der Waals surface area contributed by atoms with Crippen LogP contribution in [0.3, 0.4) is 0 Å². The fourth-order valence-corrected chi connectivity index (χ4v) is 2.83. The van der Waals surface area contributed by atoms with Crippen molar-refractivity contribution in [1.82, 2.24) is 10.3 Å². The molecule has 1 atom stereocenters. The predicted molar refractivity (Wildman–Crippen MR) is 89.7 cm³/mol. The van der Waals surface area contributed by atoms with E-state index in [0.29, 0.717) is 6.42 Å². The number of pyridine rings is 1. The number of ether oxygens (including phenoxy) is 1. The summed E-state index contributed by atoms with van der Waals surface area (Å²) >= 11 is 0. The standard InChI is InChI=1S/C18H21N3O2/c1-23-16-7-5-14(6-8-16)12-18(22)20-15-9-11-21(13-15)17-4-2-3-10-19-17/h2-8,10,15H,9,11-13H2,1H3,(H,20,22). The number of benzene rings is 1. The quantitative estimate of drug-likeness (QED) is 0.918. The van der Waals surface area contributed by atoms with Gasteiger partial charge in [0.15, 0.2) is 0 Å². The molecule has 3 rings (SSSR count). The van der Waals surface area contributed by atoms with E-state index in [4.69, 9.17) is 4.74 Å². The maximum absolute atomic E-state index is 12.2. The first-order valence-corrected chi connectivity index (χ1v) is 7.83. The number of anilines is 1. The summed E-state index contributed by atoms with van der Waals surface area (Å²) in [7, 11) is 1.63. The van der Waals surface area contributed by atoms with Crippen LogP contribution in [0.5, 0.6) is 5.75 Å². The maximum Gasteiger partial charge on any atom is 0.224 e. The van der Waals surface area contributed by atoms with Crippen molar-refractivity contribution >= 4 is 11.7 Å². The minimum absolute atomic E-state index is 0.0584. The minimum Gasteiger partial charge on any atom is -0.497 e. The molecule has 1 unspecified atom stereocenters. The molecule has 1 aromatic carbocycles. The second-order valence-electron chi connectivity index (χ2n) is 5.71. The molecule has 1 saturated heterocycles. The van der Waals surface area contributed by atoms with Crippen LogP contribution in [0.25, 0.3) is 0 Å². The monoisotopic (exact) mass is 311 g/mol. The van der Waals surface area contributed by atoms with Gasteiger partial charge < -0.3 is 15.0 Å². The summed E-state index contributed by atoms with van der Waals surface area (Å²) in [6.07, 6.45) is 3.14. The van der Waals surface area contributed by atoms with Crippen LogP contribution < -0.4 is 15.0 Å². The number of hydrogen-bond acceptors (Lipinski definition) is 4. The van der Waals surface area contributed by atoms with Gasteiger partial charge in [-0.3, -0.25) is 4.79 Å². The second-order valence-corrected chi connectivity index (χ2v) is 5.71. The van der Waals surface area contributed by atoms with E-state index in [-0.39, 0.29) is 11.9 Å². The summed E-state index contributed by atoms with van der Waals surface area (Å²) < 4.78 is 5.12. The first kappa shape index (κ1) is 15.3. The molecule has 0 aliphatic carbocycles. The Hall–Kier alpha value is -2.56. The largest absolute Gasteiger partial charge is 0.497 e.